The molecule has 1 aromatic rings. The minimum Gasteiger partial charge on any atom is -0.465 e. The van der Waals surface area contributed by atoms with E-state index in [-0.39, 0.29) is 30.4 Å². The summed E-state index contributed by atoms with van der Waals surface area (Å²) in [6.45, 7) is 2.53. The smallest absolute Gasteiger partial charge is 0.311 e. The van der Waals surface area contributed by atoms with Crippen LogP contribution in [0.4, 0.5) is 0 Å². The van der Waals surface area contributed by atoms with Gasteiger partial charge in [0.05, 0.1) is 35.8 Å². The van der Waals surface area contributed by atoms with Gasteiger partial charge in [0, 0.05) is 17.3 Å². The Hall–Kier alpha value is -2.58. The molecule has 3 fully saturated rings. The standard InChI is InChI=1S/C32H40N2O5S/c1-31-17-10-2-3-11-20-39-30(38)26(31)25-28(36)34(24(21-35)22-13-6-4-7-14-22)27-29(37)33(23-15-8-5-9-16-23)19-12-18-32(25,27)40-31/h4,6-7,10,12-14,17-18,23-27,35H,2-3,5,8-9,11,15-16,19-21H2,1H3/b17-10-/t24-,25+,26+,27?,31-,32+/m1/s1. The Bertz CT molecular complexity index is 1200. The van der Waals surface area contributed by atoms with Crippen molar-refractivity contribution in [3.8, 4) is 0 Å². The van der Waals surface area contributed by atoms with Gasteiger partial charge in [0.25, 0.3) is 0 Å². The van der Waals surface area contributed by atoms with Crippen LogP contribution in [0.25, 0.3) is 0 Å². The maximum Gasteiger partial charge on any atom is 0.311 e. The third-order valence-corrected chi connectivity index (χ3v) is 11.5. The van der Waals surface area contributed by atoms with Gasteiger partial charge in [0.2, 0.25) is 11.8 Å². The van der Waals surface area contributed by atoms with Crippen LogP contribution < -0.4 is 0 Å². The fourth-order valence-corrected chi connectivity index (χ4v) is 9.98. The van der Waals surface area contributed by atoms with Gasteiger partial charge in [-0.3, -0.25) is 14.4 Å². The largest absolute Gasteiger partial charge is 0.465 e. The second-order valence-electron chi connectivity index (χ2n) is 12.1. The third-order valence-electron chi connectivity index (χ3n) is 9.68. The van der Waals surface area contributed by atoms with Crippen molar-refractivity contribution in [3.63, 3.8) is 0 Å². The van der Waals surface area contributed by atoms with Crippen LogP contribution in [0.2, 0.25) is 0 Å². The van der Waals surface area contributed by atoms with Gasteiger partial charge in [-0.1, -0.05) is 73.9 Å². The second-order valence-corrected chi connectivity index (χ2v) is 13.9. The van der Waals surface area contributed by atoms with Crippen molar-refractivity contribution in [2.75, 3.05) is 19.8 Å². The van der Waals surface area contributed by atoms with E-state index < -0.39 is 33.4 Å². The predicted molar refractivity (Wildman–Crippen MR) is 154 cm³/mol. The number of cyclic esters (lactones) is 1. The number of thioether (sulfide) groups is 1. The van der Waals surface area contributed by atoms with Crippen molar-refractivity contribution >= 4 is 29.5 Å². The van der Waals surface area contributed by atoms with Crippen LogP contribution in [-0.2, 0) is 19.1 Å². The Morgan fingerprint density at radius 2 is 1.75 bits per heavy atom. The monoisotopic (exact) mass is 564 g/mol. The molecule has 6 rings (SSSR count). The lowest BCUT2D eigenvalue weighted by molar-refractivity contribution is -0.155. The zero-order valence-electron chi connectivity index (χ0n) is 23.2. The van der Waals surface area contributed by atoms with Crippen LogP contribution in [0.5, 0.6) is 0 Å². The molecule has 5 aliphatic rings. The number of allylic oxidation sites excluding steroid dienone is 1. The Balaban J connectivity index is 1.50. The minimum atomic E-state index is -0.948. The maximum atomic E-state index is 14.8. The molecule has 4 aliphatic heterocycles. The van der Waals surface area contributed by atoms with E-state index in [1.54, 1.807) is 16.7 Å². The molecule has 1 unspecified atom stereocenters. The molecule has 0 bridgehead atoms. The third kappa shape index (κ3) is 4.42. The molecule has 1 spiro atoms. The molecule has 40 heavy (non-hydrogen) atoms. The zero-order chi connectivity index (χ0) is 27.9. The van der Waals surface area contributed by atoms with Crippen molar-refractivity contribution in [2.24, 2.45) is 11.8 Å². The number of carbonyl (C=O) groups excluding carboxylic acids is 3. The number of esters is 1. The van der Waals surface area contributed by atoms with Gasteiger partial charge in [0.15, 0.2) is 0 Å². The Morgan fingerprint density at radius 3 is 2.50 bits per heavy atom. The number of hydrogen-bond acceptors (Lipinski definition) is 6. The quantitative estimate of drug-likeness (QED) is 0.430. The van der Waals surface area contributed by atoms with E-state index in [4.69, 9.17) is 4.74 Å². The molecule has 7 nitrogen and oxygen atoms in total. The Morgan fingerprint density at radius 1 is 0.975 bits per heavy atom. The number of benzene rings is 1. The van der Waals surface area contributed by atoms with Gasteiger partial charge >= 0.3 is 5.97 Å². The summed E-state index contributed by atoms with van der Waals surface area (Å²) in [5.41, 5.74) is 0.778. The lowest BCUT2D eigenvalue weighted by Gasteiger charge is -2.42. The van der Waals surface area contributed by atoms with Crippen LogP contribution in [0, 0.1) is 11.8 Å². The molecule has 4 heterocycles. The van der Waals surface area contributed by atoms with Gasteiger partial charge < -0.3 is 19.6 Å². The number of fused-ring (bicyclic) bond motifs is 2. The molecule has 1 aliphatic carbocycles. The Labute approximate surface area is 241 Å². The zero-order valence-corrected chi connectivity index (χ0v) is 24.1. The molecule has 214 valence electrons. The number of likely N-dealkylation sites (tertiary alicyclic amines) is 1. The van der Waals surface area contributed by atoms with Crippen LogP contribution in [0.3, 0.4) is 0 Å². The van der Waals surface area contributed by atoms with E-state index in [1.165, 1.54) is 6.42 Å². The fraction of sp³-hybridized carbons (Fsp3) is 0.594. The molecular weight excluding hydrogens is 524 g/mol. The summed E-state index contributed by atoms with van der Waals surface area (Å²) < 4.78 is 4.13. The lowest BCUT2D eigenvalue weighted by atomic mass is 9.74. The van der Waals surface area contributed by atoms with Crippen LogP contribution >= 0.6 is 11.8 Å². The van der Waals surface area contributed by atoms with Crippen LogP contribution in [-0.4, -0.2) is 74.0 Å². The van der Waals surface area contributed by atoms with Gasteiger partial charge in [-0.25, -0.2) is 0 Å². The minimum absolute atomic E-state index is 0.0701. The Kier molecular flexibility index (Phi) is 7.59. The topological polar surface area (TPSA) is 87.1 Å². The first-order valence-electron chi connectivity index (χ1n) is 14.9. The molecular formula is C32H40N2O5S. The average Bonchev–Trinajstić information content (AvgIpc) is 3.29. The fourth-order valence-electron chi connectivity index (χ4n) is 7.84. The normalized spacial score (nSPS) is 36.4. The van der Waals surface area contributed by atoms with E-state index in [1.807, 2.05) is 42.2 Å². The molecule has 1 saturated carbocycles. The number of amides is 2. The number of ether oxygens (including phenoxy) is 1. The molecule has 1 N–H and O–H groups in total. The number of aliphatic hydroxyl groups excluding tert-OH is 1. The van der Waals surface area contributed by atoms with Gasteiger partial charge in [-0.05, 0) is 44.6 Å². The van der Waals surface area contributed by atoms with E-state index in [0.29, 0.717) is 13.2 Å². The van der Waals surface area contributed by atoms with Gasteiger partial charge in [-0.2, -0.15) is 0 Å². The number of nitrogens with zero attached hydrogens (tertiary/aromatic N) is 2. The second kappa shape index (κ2) is 11.0. The predicted octanol–water partition coefficient (Wildman–Crippen LogP) is 4.42. The highest BCUT2D eigenvalue weighted by atomic mass is 32.2. The number of hydrogen-bond donors (Lipinski definition) is 1. The molecule has 0 aromatic heterocycles. The average molecular weight is 565 g/mol. The first kappa shape index (κ1) is 27.6. The maximum absolute atomic E-state index is 14.8. The first-order valence-corrected chi connectivity index (χ1v) is 15.7. The van der Waals surface area contributed by atoms with E-state index in [9.17, 15) is 19.5 Å². The van der Waals surface area contributed by atoms with E-state index >= 15 is 0 Å². The van der Waals surface area contributed by atoms with E-state index in [0.717, 1.165) is 50.5 Å². The van der Waals surface area contributed by atoms with Crippen molar-refractivity contribution in [2.45, 2.75) is 85.9 Å². The van der Waals surface area contributed by atoms with Crippen LogP contribution in [0.1, 0.15) is 69.9 Å². The summed E-state index contributed by atoms with van der Waals surface area (Å²) in [6, 6.07) is 8.06. The highest BCUT2D eigenvalue weighted by Crippen LogP contribution is 2.66. The summed E-state index contributed by atoms with van der Waals surface area (Å²) in [4.78, 5) is 46.9. The summed E-state index contributed by atoms with van der Waals surface area (Å²) in [6.07, 6.45) is 16.2. The van der Waals surface area contributed by atoms with Crippen molar-refractivity contribution in [1.29, 1.82) is 0 Å². The number of aliphatic hydroxyl groups is 1. The molecule has 1 aromatic carbocycles. The summed E-state index contributed by atoms with van der Waals surface area (Å²) >= 11 is 1.57. The lowest BCUT2D eigenvalue weighted by Crippen LogP contribution is -2.56. The number of rotatable bonds is 4. The molecule has 2 amide bonds. The van der Waals surface area contributed by atoms with Crippen molar-refractivity contribution < 1.29 is 24.2 Å². The van der Waals surface area contributed by atoms with Crippen molar-refractivity contribution in [3.05, 3.63) is 60.2 Å². The highest BCUT2D eigenvalue weighted by molar-refractivity contribution is 8.02. The molecule has 6 atom stereocenters. The molecule has 8 heteroatoms. The number of carbonyl (C=O) groups is 3. The first-order chi connectivity index (χ1) is 19.4. The molecule has 0 radical (unpaired) electrons. The summed E-state index contributed by atoms with van der Waals surface area (Å²) in [7, 11) is 0. The van der Waals surface area contributed by atoms with Gasteiger partial charge in [0.1, 0.15) is 6.04 Å². The van der Waals surface area contributed by atoms with Gasteiger partial charge in [-0.15, -0.1) is 11.8 Å². The van der Waals surface area contributed by atoms with E-state index in [2.05, 4.69) is 24.3 Å². The van der Waals surface area contributed by atoms with Crippen molar-refractivity contribution in [1.82, 2.24) is 9.80 Å². The summed E-state index contributed by atoms with van der Waals surface area (Å²) in [5.74, 6) is -2.19. The summed E-state index contributed by atoms with van der Waals surface area (Å²) in [5, 5.41) is 10.7. The highest BCUT2D eigenvalue weighted by Gasteiger charge is 2.74. The van der Waals surface area contributed by atoms with Crippen LogP contribution in [0.15, 0.2) is 54.6 Å². The molecule has 2 saturated heterocycles. The SMILES string of the molecule is C[C@@]12/C=C\CCCCOC(=O)[C@@H]1[C@H]1C(=O)N([C@H](CO)c3ccccc3)C3C(=O)N(C4CCCCC4)CC=C[C@@]31S2.